The number of aromatic nitrogens is 2. The Kier molecular flexibility index (Phi) is 5.99. The van der Waals surface area contributed by atoms with Crippen LogP contribution in [0.2, 0.25) is 0 Å². The standard InChI is InChI=1S/C8H10F3N3O2S.C6H6O3S/c1-17(15,16)7-13-5-2-12-3-6(5)14(7)4-8(9,10)11;7-10(8,9)6-4-2-1-3-5-6/h12H,2-4H2,1H3;1-5H,(H,7,8,9). The third-order valence-electron chi connectivity index (χ3n) is 3.42. The van der Waals surface area contributed by atoms with Crippen LogP contribution in [-0.2, 0) is 39.6 Å². The third-order valence-corrected chi connectivity index (χ3v) is 5.26. The molecule has 0 saturated heterocycles. The van der Waals surface area contributed by atoms with E-state index in [4.69, 9.17) is 4.55 Å². The van der Waals surface area contributed by atoms with Crippen LogP contribution in [0.25, 0.3) is 0 Å². The van der Waals surface area contributed by atoms with Crippen molar-refractivity contribution >= 4 is 20.0 Å². The zero-order valence-corrected chi connectivity index (χ0v) is 15.6. The molecule has 0 atom stereocenters. The molecular formula is C14H16F3N3O5S2. The van der Waals surface area contributed by atoms with Crippen LogP contribution < -0.4 is 5.32 Å². The SMILES string of the molecule is CS(=O)(=O)c1nc2c(n1CC(F)(F)F)CNC2.O=S(=O)(O)c1ccccc1. The van der Waals surface area contributed by atoms with E-state index in [-0.39, 0.29) is 11.4 Å². The summed E-state index contributed by atoms with van der Waals surface area (Å²) in [6.07, 6.45) is -3.62. The summed E-state index contributed by atoms with van der Waals surface area (Å²) < 4.78 is 89.9. The Balaban J connectivity index is 0.000000223. The Morgan fingerprint density at radius 1 is 1.15 bits per heavy atom. The topological polar surface area (TPSA) is 118 Å². The quantitative estimate of drug-likeness (QED) is 0.711. The summed E-state index contributed by atoms with van der Waals surface area (Å²) in [4.78, 5) is 3.68. The molecule has 2 N–H and O–H groups in total. The highest BCUT2D eigenvalue weighted by atomic mass is 32.2. The maximum absolute atomic E-state index is 12.4. The fraction of sp³-hybridized carbons (Fsp3) is 0.357. The molecule has 27 heavy (non-hydrogen) atoms. The van der Waals surface area contributed by atoms with Crippen molar-refractivity contribution in [2.75, 3.05) is 6.26 Å². The van der Waals surface area contributed by atoms with Crippen LogP contribution in [-0.4, -0.2) is 43.4 Å². The van der Waals surface area contributed by atoms with E-state index >= 15 is 0 Å². The van der Waals surface area contributed by atoms with Crippen molar-refractivity contribution < 1.29 is 34.6 Å². The maximum Gasteiger partial charge on any atom is 0.406 e. The molecule has 0 radical (unpaired) electrons. The van der Waals surface area contributed by atoms with Crippen LogP contribution in [0, 0.1) is 0 Å². The normalized spacial score (nSPS) is 14.4. The van der Waals surface area contributed by atoms with Gasteiger partial charge in [-0.3, -0.25) is 4.55 Å². The van der Waals surface area contributed by atoms with Crippen molar-refractivity contribution in [3.8, 4) is 0 Å². The molecule has 0 aliphatic carbocycles. The van der Waals surface area contributed by atoms with E-state index in [1.165, 1.54) is 12.1 Å². The lowest BCUT2D eigenvalue weighted by atomic mass is 10.4. The number of alkyl halides is 3. The van der Waals surface area contributed by atoms with Crippen molar-refractivity contribution in [1.29, 1.82) is 0 Å². The zero-order chi connectivity index (χ0) is 20.5. The molecule has 1 aliphatic rings. The molecule has 3 rings (SSSR count). The average Bonchev–Trinajstić information content (AvgIpc) is 3.09. The van der Waals surface area contributed by atoms with Crippen LogP contribution in [0.3, 0.4) is 0 Å². The van der Waals surface area contributed by atoms with Crippen LogP contribution in [0.1, 0.15) is 11.4 Å². The molecule has 0 saturated carbocycles. The molecule has 150 valence electrons. The highest BCUT2D eigenvalue weighted by Crippen LogP contribution is 2.26. The van der Waals surface area contributed by atoms with Crippen molar-refractivity contribution in [3.63, 3.8) is 0 Å². The second-order valence-electron chi connectivity index (χ2n) is 5.65. The van der Waals surface area contributed by atoms with Gasteiger partial charge in [0.2, 0.25) is 15.0 Å². The molecular weight excluding hydrogens is 411 g/mol. The van der Waals surface area contributed by atoms with Crippen LogP contribution >= 0.6 is 0 Å². The molecule has 2 heterocycles. The fourth-order valence-corrected chi connectivity index (χ4v) is 3.72. The second-order valence-corrected chi connectivity index (χ2v) is 8.98. The smallest absolute Gasteiger partial charge is 0.308 e. The van der Waals surface area contributed by atoms with Crippen LogP contribution in [0.4, 0.5) is 13.2 Å². The number of nitrogens with zero attached hydrogens (tertiary/aromatic N) is 2. The monoisotopic (exact) mass is 427 g/mol. The van der Waals surface area contributed by atoms with Crippen LogP contribution in [0.5, 0.6) is 0 Å². The first kappa shape index (κ1) is 21.3. The van der Waals surface area contributed by atoms with Gasteiger partial charge in [-0.25, -0.2) is 13.4 Å². The van der Waals surface area contributed by atoms with Gasteiger partial charge in [-0.1, -0.05) is 18.2 Å². The molecule has 0 amide bonds. The lowest BCUT2D eigenvalue weighted by Crippen LogP contribution is -2.23. The average molecular weight is 427 g/mol. The summed E-state index contributed by atoms with van der Waals surface area (Å²) in [7, 11) is -7.76. The van der Waals surface area contributed by atoms with E-state index in [1.54, 1.807) is 18.2 Å². The molecule has 0 spiro atoms. The van der Waals surface area contributed by atoms with E-state index in [9.17, 15) is 30.0 Å². The van der Waals surface area contributed by atoms with E-state index in [0.29, 0.717) is 17.9 Å². The maximum atomic E-state index is 12.4. The Morgan fingerprint density at radius 3 is 2.19 bits per heavy atom. The molecule has 13 heteroatoms. The minimum atomic E-state index is -4.48. The Hall–Kier alpha value is -1.96. The molecule has 2 aromatic rings. The van der Waals surface area contributed by atoms with E-state index < -0.39 is 37.8 Å². The number of benzene rings is 1. The van der Waals surface area contributed by atoms with Gasteiger partial charge in [-0.15, -0.1) is 0 Å². The molecule has 1 aromatic heterocycles. The van der Waals surface area contributed by atoms with Crippen molar-refractivity contribution in [3.05, 3.63) is 41.7 Å². The Morgan fingerprint density at radius 2 is 1.74 bits per heavy atom. The van der Waals surface area contributed by atoms with Gasteiger partial charge < -0.3 is 9.88 Å². The Bertz CT molecular complexity index is 1020. The highest BCUT2D eigenvalue weighted by molar-refractivity contribution is 7.90. The first-order valence-corrected chi connectivity index (χ1v) is 10.7. The number of imidazole rings is 1. The number of hydrogen-bond acceptors (Lipinski definition) is 6. The highest BCUT2D eigenvalue weighted by Gasteiger charge is 2.34. The summed E-state index contributed by atoms with van der Waals surface area (Å²) in [6.45, 7) is -0.837. The summed E-state index contributed by atoms with van der Waals surface area (Å²) >= 11 is 0. The molecule has 1 aliphatic heterocycles. The van der Waals surface area contributed by atoms with Crippen molar-refractivity contribution in [2.24, 2.45) is 0 Å². The minimum absolute atomic E-state index is 0.0741. The van der Waals surface area contributed by atoms with Crippen molar-refractivity contribution in [2.45, 2.75) is 35.9 Å². The van der Waals surface area contributed by atoms with Crippen LogP contribution in [0.15, 0.2) is 40.4 Å². The van der Waals surface area contributed by atoms with Gasteiger partial charge in [-0.2, -0.15) is 21.6 Å². The van der Waals surface area contributed by atoms with Gasteiger partial charge >= 0.3 is 6.18 Å². The molecule has 0 bridgehead atoms. The van der Waals surface area contributed by atoms with Gasteiger partial charge in [0, 0.05) is 19.3 Å². The number of fused-ring (bicyclic) bond motifs is 1. The number of sulfone groups is 1. The zero-order valence-electron chi connectivity index (χ0n) is 13.9. The molecule has 1 aromatic carbocycles. The number of rotatable bonds is 3. The predicted molar refractivity (Wildman–Crippen MR) is 88.2 cm³/mol. The van der Waals surface area contributed by atoms with Crippen molar-refractivity contribution in [1.82, 2.24) is 14.9 Å². The lowest BCUT2D eigenvalue weighted by molar-refractivity contribution is -0.142. The number of nitrogens with one attached hydrogen (secondary N) is 1. The summed E-state index contributed by atoms with van der Waals surface area (Å²) in [5, 5.41) is 2.31. The van der Waals surface area contributed by atoms with E-state index in [0.717, 1.165) is 10.8 Å². The number of hydrogen-bond donors (Lipinski definition) is 2. The fourth-order valence-electron chi connectivity index (χ4n) is 2.37. The van der Waals surface area contributed by atoms with E-state index in [2.05, 4.69) is 10.3 Å². The van der Waals surface area contributed by atoms with Gasteiger partial charge in [0.1, 0.15) is 6.54 Å². The first-order valence-electron chi connectivity index (χ1n) is 7.37. The van der Waals surface area contributed by atoms with Gasteiger partial charge in [0.05, 0.1) is 16.3 Å². The second kappa shape index (κ2) is 7.58. The van der Waals surface area contributed by atoms with Gasteiger partial charge in [0.25, 0.3) is 10.1 Å². The summed E-state index contributed by atoms with van der Waals surface area (Å²) in [5.41, 5.74) is 0.664. The lowest BCUT2D eigenvalue weighted by Gasteiger charge is -2.12. The van der Waals surface area contributed by atoms with E-state index in [1.807, 2.05) is 0 Å². The summed E-state index contributed by atoms with van der Waals surface area (Å²) in [5.74, 6) is 0. The van der Waals surface area contributed by atoms with Gasteiger partial charge in [0.15, 0.2) is 0 Å². The minimum Gasteiger partial charge on any atom is -0.308 e. The first-order chi connectivity index (χ1) is 12.3. The largest absolute Gasteiger partial charge is 0.406 e. The Labute approximate surface area is 153 Å². The molecule has 0 fully saturated rings. The van der Waals surface area contributed by atoms with Gasteiger partial charge in [-0.05, 0) is 12.1 Å². The molecule has 0 unspecified atom stereocenters. The predicted octanol–water partition coefficient (Wildman–Crippen LogP) is 1.39. The molecule has 8 nitrogen and oxygen atoms in total. The number of halogens is 3. The third kappa shape index (κ3) is 5.76. The summed E-state index contributed by atoms with van der Waals surface area (Å²) in [6, 6.07) is 7.42.